The van der Waals surface area contributed by atoms with Crippen LogP contribution >= 0.6 is 0 Å². The van der Waals surface area contributed by atoms with Crippen molar-refractivity contribution in [3.05, 3.63) is 36.4 Å². The molecule has 0 N–H and O–H groups in total. The van der Waals surface area contributed by atoms with E-state index in [2.05, 4.69) is 30.7 Å². The third kappa shape index (κ3) is 2.90. The zero-order valence-corrected chi connectivity index (χ0v) is 11.9. The fourth-order valence-electron chi connectivity index (χ4n) is 2.92. The normalized spacial score (nSPS) is 22.0. The van der Waals surface area contributed by atoms with Crippen molar-refractivity contribution in [2.75, 3.05) is 19.7 Å². The first-order chi connectivity index (χ1) is 10.4. The van der Waals surface area contributed by atoms with Crippen LogP contribution in [0.4, 0.5) is 0 Å². The van der Waals surface area contributed by atoms with Crippen LogP contribution < -0.4 is 4.74 Å². The van der Waals surface area contributed by atoms with Gasteiger partial charge in [0.1, 0.15) is 6.61 Å². The summed E-state index contributed by atoms with van der Waals surface area (Å²) in [6.45, 7) is 3.73. The highest BCUT2D eigenvalue weighted by molar-refractivity contribution is 5.06. The second-order valence-corrected chi connectivity index (χ2v) is 5.90. The monoisotopic (exact) mass is 285 g/mol. The van der Waals surface area contributed by atoms with Crippen LogP contribution in [0.3, 0.4) is 0 Å². The fraction of sp³-hybridized carbons (Fsp3) is 0.533. The van der Waals surface area contributed by atoms with Gasteiger partial charge in [0, 0.05) is 38.2 Å². The van der Waals surface area contributed by atoms with Crippen molar-refractivity contribution >= 4 is 0 Å². The molecule has 0 bridgehead atoms. The van der Waals surface area contributed by atoms with E-state index in [-0.39, 0.29) is 6.04 Å². The van der Waals surface area contributed by atoms with Crippen LogP contribution in [0, 0.1) is 5.92 Å². The second-order valence-electron chi connectivity index (χ2n) is 5.90. The Balaban J connectivity index is 1.45. The van der Waals surface area contributed by atoms with Gasteiger partial charge in [0.05, 0.1) is 11.7 Å². The van der Waals surface area contributed by atoms with Crippen molar-refractivity contribution in [1.29, 1.82) is 0 Å². The molecule has 1 unspecified atom stereocenters. The molecular formula is C15H19N5O. The minimum atomic E-state index is 0.228. The molecule has 6 nitrogen and oxygen atoms in total. The third-order valence-electron chi connectivity index (χ3n) is 4.11. The molecule has 1 aliphatic carbocycles. The van der Waals surface area contributed by atoms with Gasteiger partial charge in [0.25, 0.3) is 0 Å². The maximum atomic E-state index is 5.73. The van der Waals surface area contributed by atoms with E-state index in [1.165, 1.54) is 25.1 Å². The van der Waals surface area contributed by atoms with Crippen molar-refractivity contribution in [3.8, 4) is 6.01 Å². The molecule has 110 valence electrons. The number of aromatic nitrogens is 4. The predicted octanol–water partition coefficient (Wildman–Crippen LogP) is 1.52. The molecule has 4 rings (SSSR count). The van der Waals surface area contributed by atoms with Crippen molar-refractivity contribution in [1.82, 2.24) is 24.6 Å². The summed E-state index contributed by atoms with van der Waals surface area (Å²) < 4.78 is 7.82. The fourth-order valence-corrected chi connectivity index (χ4v) is 2.92. The molecule has 21 heavy (non-hydrogen) atoms. The van der Waals surface area contributed by atoms with Crippen LogP contribution in [0.2, 0.25) is 0 Å². The highest BCUT2D eigenvalue weighted by atomic mass is 16.5. The van der Waals surface area contributed by atoms with Crippen molar-refractivity contribution in [2.24, 2.45) is 5.92 Å². The zero-order chi connectivity index (χ0) is 14.1. The SMILES string of the molecule is c1cnc(OCC2CN(CC3CC3)Cc3ccnn32)nc1. The first-order valence-corrected chi connectivity index (χ1v) is 7.53. The number of hydrogen-bond donors (Lipinski definition) is 0. The van der Waals surface area contributed by atoms with Crippen molar-refractivity contribution in [3.63, 3.8) is 0 Å². The van der Waals surface area contributed by atoms with E-state index in [1.807, 2.05) is 6.20 Å². The zero-order valence-electron chi connectivity index (χ0n) is 11.9. The van der Waals surface area contributed by atoms with Gasteiger partial charge in [-0.25, -0.2) is 9.97 Å². The molecule has 0 spiro atoms. The second kappa shape index (κ2) is 5.44. The molecule has 1 aliphatic heterocycles. The molecule has 0 radical (unpaired) electrons. The summed E-state index contributed by atoms with van der Waals surface area (Å²) in [5.74, 6) is 0.901. The van der Waals surface area contributed by atoms with Crippen molar-refractivity contribution in [2.45, 2.75) is 25.4 Å². The molecule has 2 aliphatic rings. The van der Waals surface area contributed by atoms with Gasteiger partial charge in [0.15, 0.2) is 0 Å². The lowest BCUT2D eigenvalue weighted by Crippen LogP contribution is -2.41. The van der Waals surface area contributed by atoms with E-state index < -0.39 is 0 Å². The predicted molar refractivity (Wildman–Crippen MR) is 76.8 cm³/mol. The Bertz CT molecular complexity index is 595. The Morgan fingerprint density at radius 2 is 2.05 bits per heavy atom. The minimum Gasteiger partial charge on any atom is -0.461 e. The molecule has 1 saturated carbocycles. The van der Waals surface area contributed by atoms with Crippen LogP contribution in [0.25, 0.3) is 0 Å². The first-order valence-electron chi connectivity index (χ1n) is 7.53. The average Bonchev–Trinajstić information content (AvgIpc) is 3.20. The van der Waals surface area contributed by atoms with Gasteiger partial charge in [-0.3, -0.25) is 9.58 Å². The van der Waals surface area contributed by atoms with Gasteiger partial charge >= 0.3 is 6.01 Å². The van der Waals surface area contributed by atoms with Crippen LogP contribution in [0.1, 0.15) is 24.6 Å². The summed E-state index contributed by atoms with van der Waals surface area (Å²) in [6.07, 6.45) is 8.04. The number of rotatable bonds is 5. The van der Waals surface area contributed by atoms with Crippen molar-refractivity contribution < 1.29 is 4.74 Å². The lowest BCUT2D eigenvalue weighted by molar-refractivity contribution is 0.124. The first kappa shape index (κ1) is 12.8. The van der Waals surface area contributed by atoms with Gasteiger partial charge in [-0.05, 0) is 30.9 Å². The van der Waals surface area contributed by atoms with E-state index in [0.717, 1.165) is 19.0 Å². The Morgan fingerprint density at radius 3 is 2.86 bits per heavy atom. The Hall–Kier alpha value is -1.95. The topological polar surface area (TPSA) is 56.1 Å². The summed E-state index contributed by atoms with van der Waals surface area (Å²) in [4.78, 5) is 10.7. The van der Waals surface area contributed by atoms with Crippen LogP contribution in [0.15, 0.2) is 30.7 Å². The molecule has 2 aromatic rings. The molecule has 1 fully saturated rings. The van der Waals surface area contributed by atoms with E-state index in [4.69, 9.17) is 4.74 Å². The van der Waals surface area contributed by atoms with Gasteiger partial charge in [-0.2, -0.15) is 5.10 Å². The summed E-state index contributed by atoms with van der Waals surface area (Å²) in [7, 11) is 0. The molecule has 0 saturated heterocycles. The molecular weight excluding hydrogens is 266 g/mol. The van der Waals surface area contributed by atoms with E-state index >= 15 is 0 Å². The van der Waals surface area contributed by atoms with Crippen LogP contribution in [-0.4, -0.2) is 44.3 Å². The average molecular weight is 285 g/mol. The quantitative estimate of drug-likeness (QED) is 0.833. The van der Waals surface area contributed by atoms with Gasteiger partial charge < -0.3 is 4.74 Å². The smallest absolute Gasteiger partial charge is 0.316 e. The van der Waals surface area contributed by atoms with Gasteiger partial charge in [-0.1, -0.05) is 0 Å². The number of ether oxygens (including phenoxy) is 1. The minimum absolute atomic E-state index is 0.228. The van der Waals surface area contributed by atoms with Gasteiger partial charge in [-0.15, -0.1) is 0 Å². The van der Waals surface area contributed by atoms with Crippen LogP contribution in [-0.2, 0) is 6.54 Å². The van der Waals surface area contributed by atoms with Gasteiger partial charge in [0.2, 0.25) is 0 Å². The largest absolute Gasteiger partial charge is 0.461 e. The van der Waals surface area contributed by atoms with E-state index in [1.54, 1.807) is 18.5 Å². The summed E-state index contributed by atoms with van der Waals surface area (Å²) in [6, 6.07) is 4.55. The van der Waals surface area contributed by atoms with Crippen LogP contribution in [0.5, 0.6) is 6.01 Å². The number of nitrogens with zero attached hydrogens (tertiary/aromatic N) is 5. The highest BCUT2D eigenvalue weighted by Crippen LogP contribution is 2.32. The maximum Gasteiger partial charge on any atom is 0.316 e. The molecule has 6 heteroatoms. The molecule has 1 atom stereocenters. The molecule has 0 amide bonds. The summed E-state index contributed by atoms with van der Waals surface area (Å²) in [5, 5.41) is 4.45. The Kier molecular flexibility index (Phi) is 3.31. The molecule has 0 aromatic carbocycles. The standard InChI is InChI=1S/C15H19N5O/c1-5-16-15(17-6-1)21-11-14-10-19(8-12-2-3-12)9-13-4-7-18-20(13)14/h1,4-7,12,14H,2-3,8-11H2. The van der Waals surface area contributed by atoms with E-state index in [0.29, 0.717) is 12.6 Å². The third-order valence-corrected chi connectivity index (χ3v) is 4.11. The lowest BCUT2D eigenvalue weighted by atomic mass is 10.2. The summed E-state index contributed by atoms with van der Waals surface area (Å²) >= 11 is 0. The Morgan fingerprint density at radius 1 is 1.19 bits per heavy atom. The molecule has 3 heterocycles. The highest BCUT2D eigenvalue weighted by Gasteiger charge is 2.30. The van der Waals surface area contributed by atoms with E-state index in [9.17, 15) is 0 Å². The Labute approximate surface area is 123 Å². The maximum absolute atomic E-state index is 5.73. The number of hydrogen-bond acceptors (Lipinski definition) is 5. The summed E-state index contributed by atoms with van der Waals surface area (Å²) in [5.41, 5.74) is 1.27. The lowest BCUT2D eigenvalue weighted by Gasteiger charge is -2.33. The number of fused-ring (bicyclic) bond motifs is 1. The molecule has 2 aromatic heterocycles.